The summed E-state index contributed by atoms with van der Waals surface area (Å²) < 4.78 is 13.5. The molecule has 1 aromatic carbocycles. The van der Waals surface area contributed by atoms with Crippen molar-refractivity contribution in [2.24, 2.45) is 5.73 Å². The van der Waals surface area contributed by atoms with Gasteiger partial charge in [-0.3, -0.25) is 4.98 Å². The fraction of sp³-hybridized carbons (Fsp3) is 0.0833. The van der Waals surface area contributed by atoms with Gasteiger partial charge in [-0.1, -0.05) is 12.1 Å². The van der Waals surface area contributed by atoms with Gasteiger partial charge in [0.15, 0.2) is 0 Å². The molecule has 15 heavy (non-hydrogen) atoms. The van der Waals surface area contributed by atoms with Crippen molar-refractivity contribution in [2.75, 3.05) is 0 Å². The van der Waals surface area contributed by atoms with Crippen molar-refractivity contribution in [2.45, 2.75) is 6.54 Å². The van der Waals surface area contributed by atoms with Crippen molar-refractivity contribution in [3.05, 3.63) is 54.0 Å². The van der Waals surface area contributed by atoms with E-state index < -0.39 is 0 Å². The molecule has 2 rings (SSSR count). The van der Waals surface area contributed by atoms with Gasteiger partial charge in [-0.15, -0.1) is 0 Å². The van der Waals surface area contributed by atoms with Crippen LogP contribution in [0.25, 0.3) is 11.3 Å². The molecular weight excluding hydrogens is 191 g/mol. The Labute approximate surface area is 87.6 Å². The van der Waals surface area contributed by atoms with E-state index in [0.29, 0.717) is 17.8 Å². The minimum absolute atomic E-state index is 0.272. The molecule has 0 unspecified atom stereocenters. The lowest BCUT2D eigenvalue weighted by molar-refractivity contribution is 0.630. The Morgan fingerprint density at radius 3 is 2.73 bits per heavy atom. The molecule has 0 aliphatic rings. The Balaban J connectivity index is 2.52. The first-order valence-corrected chi connectivity index (χ1v) is 4.71. The third kappa shape index (κ3) is 2.02. The fourth-order valence-corrected chi connectivity index (χ4v) is 1.42. The highest BCUT2D eigenvalue weighted by atomic mass is 19.1. The average molecular weight is 202 g/mol. The van der Waals surface area contributed by atoms with E-state index in [4.69, 9.17) is 5.73 Å². The molecule has 2 aromatic rings. The predicted octanol–water partition coefficient (Wildman–Crippen LogP) is 2.35. The topological polar surface area (TPSA) is 38.9 Å². The second-order valence-corrected chi connectivity index (χ2v) is 3.23. The highest BCUT2D eigenvalue weighted by Gasteiger charge is 2.06. The van der Waals surface area contributed by atoms with Crippen LogP contribution in [0.3, 0.4) is 0 Å². The number of hydrogen-bond acceptors (Lipinski definition) is 2. The number of aromatic nitrogens is 1. The summed E-state index contributed by atoms with van der Waals surface area (Å²) in [6.45, 7) is 0.403. The van der Waals surface area contributed by atoms with E-state index in [9.17, 15) is 4.39 Å². The Morgan fingerprint density at radius 2 is 2.07 bits per heavy atom. The normalized spacial score (nSPS) is 10.3. The van der Waals surface area contributed by atoms with E-state index in [0.717, 1.165) is 5.56 Å². The lowest BCUT2D eigenvalue weighted by Crippen LogP contribution is -1.97. The first-order chi connectivity index (χ1) is 7.31. The van der Waals surface area contributed by atoms with Crippen LogP contribution in [-0.2, 0) is 6.54 Å². The Kier molecular flexibility index (Phi) is 2.74. The third-order valence-electron chi connectivity index (χ3n) is 2.21. The number of nitrogens with two attached hydrogens (primary N) is 1. The second-order valence-electron chi connectivity index (χ2n) is 3.23. The third-order valence-corrected chi connectivity index (χ3v) is 2.21. The number of hydrogen-bond donors (Lipinski definition) is 1. The molecule has 0 aliphatic carbocycles. The van der Waals surface area contributed by atoms with E-state index in [1.807, 2.05) is 6.07 Å². The van der Waals surface area contributed by atoms with E-state index in [1.54, 1.807) is 30.5 Å². The molecule has 0 atom stereocenters. The fourth-order valence-electron chi connectivity index (χ4n) is 1.42. The summed E-state index contributed by atoms with van der Waals surface area (Å²) in [4.78, 5) is 4.10. The first kappa shape index (κ1) is 9.80. The molecule has 0 bridgehead atoms. The highest BCUT2D eigenvalue weighted by Crippen LogP contribution is 2.21. The average Bonchev–Trinajstić information content (AvgIpc) is 2.31. The van der Waals surface area contributed by atoms with Gasteiger partial charge in [0.2, 0.25) is 0 Å². The summed E-state index contributed by atoms with van der Waals surface area (Å²) in [6.07, 6.45) is 1.64. The van der Waals surface area contributed by atoms with Gasteiger partial charge in [0.1, 0.15) is 5.82 Å². The molecule has 0 radical (unpaired) electrons. The van der Waals surface area contributed by atoms with Crippen molar-refractivity contribution in [3.8, 4) is 11.3 Å². The predicted molar refractivity (Wildman–Crippen MR) is 57.5 cm³/mol. The molecule has 76 valence electrons. The number of halogens is 1. The maximum absolute atomic E-state index is 13.5. The van der Waals surface area contributed by atoms with Crippen LogP contribution in [0.5, 0.6) is 0 Å². The van der Waals surface area contributed by atoms with Gasteiger partial charge in [0.05, 0.1) is 5.69 Å². The molecule has 1 heterocycles. The van der Waals surface area contributed by atoms with Crippen molar-refractivity contribution < 1.29 is 4.39 Å². The van der Waals surface area contributed by atoms with Crippen LogP contribution in [0.2, 0.25) is 0 Å². The van der Waals surface area contributed by atoms with Crippen molar-refractivity contribution in [1.29, 1.82) is 0 Å². The smallest absolute Gasteiger partial charge is 0.132 e. The molecule has 0 amide bonds. The van der Waals surface area contributed by atoms with Crippen LogP contribution in [-0.4, -0.2) is 4.98 Å². The van der Waals surface area contributed by atoms with Gasteiger partial charge in [0, 0.05) is 18.3 Å². The molecule has 2 N–H and O–H groups in total. The molecule has 0 fully saturated rings. The number of nitrogens with zero attached hydrogens (tertiary/aromatic N) is 1. The molecule has 0 spiro atoms. The summed E-state index contributed by atoms with van der Waals surface area (Å²) in [5.74, 6) is -0.272. The van der Waals surface area contributed by atoms with Gasteiger partial charge in [-0.25, -0.2) is 4.39 Å². The lowest BCUT2D eigenvalue weighted by Gasteiger charge is -2.04. The zero-order chi connectivity index (χ0) is 10.7. The molecule has 0 aliphatic heterocycles. The number of pyridine rings is 1. The SMILES string of the molecule is NCc1ccc(F)c(-c2ccccn2)c1. The Hall–Kier alpha value is -1.74. The van der Waals surface area contributed by atoms with Crippen molar-refractivity contribution >= 4 is 0 Å². The lowest BCUT2D eigenvalue weighted by atomic mass is 10.1. The van der Waals surface area contributed by atoms with E-state index in [2.05, 4.69) is 4.98 Å². The van der Waals surface area contributed by atoms with Crippen LogP contribution < -0.4 is 5.73 Å². The molecule has 0 saturated carbocycles. The minimum Gasteiger partial charge on any atom is -0.326 e. The Bertz CT molecular complexity index is 454. The first-order valence-electron chi connectivity index (χ1n) is 4.71. The molecule has 1 aromatic heterocycles. The van der Waals surface area contributed by atoms with E-state index in [-0.39, 0.29) is 5.82 Å². The zero-order valence-corrected chi connectivity index (χ0v) is 8.15. The largest absolute Gasteiger partial charge is 0.326 e. The van der Waals surface area contributed by atoms with Gasteiger partial charge >= 0.3 is 0 Å². The highest BCUT2D eigenvalue weighted by molar-refractivity contribution is 5.60. The Morgan fingerprint density at radius 1 is 1.20 bits per heavy atom. The van der Waals surface area contributed by atoms with Crippen LogP contribution in [0.4, 0.5) is 4.39 Å². The second kappa shape index (κ2) is 4.19. The maximum Gasteiger partial charge on any atom is 0.132 e. The standard InChI is InChI=1S/C12H11FN2/c13-11-5-4-9(8-14)7-10(11)12-3-1-2-6-15-12/h1-7H,8,14H2. The van der Waals surface area contributed by atoms with E-state index in [1.165, 1.54) is 6.07 Å². The van der Waals surface area contributed by atoms with Crippen LogP contribution >= 0.6 is 0 Å². The minimum atomic E-state index is -0.272. The van der Waals surface area contributed by atoms with Gasteiger partial charge in [-0.2, -0.15) is 0 Å². The number of benzene rings is 1. The van der Waals surface area contributed by atoms with Crippen LogP contribution in [0.1, 0.15) is 5.56 Å². The van der Waals surface area contributed by atoms with Crippen molar-refractivity contribution in [3.63, 3.8) is 0 Å². The summed E-state index contributed by atoms with van der Waals surface area (Å²) in [7, 11) is 0. The molecular formula is C12H11FN2. The monoisotopic (exact) mass is 202 g/mol. The summed E-state index contributed by atoms with van der Waals surface area (Å²) in [5, 5.41) is 0. The molecule has 3 heteroatoms. The van der Waals surface area contributed by atoms with Crippen LogP contribution in [0.15, 0.2) is 42.6 Å². The number of rotatable bonds is 2. The summed E-state index contributed by atoms with van der Waals surface area (Å²) >= 11 is 0. The van der Waals surface area contributed by atoms with Gasteiger partial charge < -0.3 is 5.73 Å². The maximum atomic E-state index is 13.5. The summed E-state index contributed by atoms with van der Waals surface area (Å²) in [5.41, 5.74) is 7.53. The van der Waals surface area contributed by atoms with Crippen LogP contribution in [0, 0.1) is 5.82 Å². The van der Waals surface area contributed by atoms with Gasteiger partial charge in [0.25, 0.3) is 0 Å². The van der Waals surface area contributed by atoms with E-state index >= 15 is 0 Å². The summed E-state index contributed by atoms with van der Waals surface area (Å²) in [6, 6.07) is 10.2. The van der Waals surface area contributed by atoms with Crippen molar-refractivity contribution in [1.82, 2.24) is 4.98 Å². The quantitative estimate of drug-likeness (QED) is 0.811. The zero-order valence-electron chi connectivity index (χ0n) is 8.15. The van der Waals surface area contributed by atoms with Gasteiger partial charge in [-0.05, 0) is 29.8 Å². The molecule has 2 nitrogen and oxygen atoms in total. The molecule has 0 saturated heterocycles.